The van der Waals surface area contributed by atoms with Crippen molar-refractivity contribution in [3.8, 4) is 0 Å². The van der Waals surface area contributed by atoms with Crippen LogP contribution in [0.25, 0.3) is 0 Å². The SMILES string of the molecule is C[C@H](C(=O)NC1CCCC1)N(Cc1ccc(Cl)cc1Cl)C(=O)CSCc1c(Cl)cccc1Cl. The number of carbonyl (C=O) groups is 2. The first-order valence-corrected chi connectivity index (χ1v) is 13.5. The average molecular weight is 548 g/mol. The maximum absolute atomic E-state index is 13.3. The van der Waals surface area contributed by atoms with E-state index in [9.17, 15) is 9.59 Å². The Morgan fingerprint density at radius 2 is 1.73 bits per heavy atom. The molecule has 2 aromatic rings. The predicted octanol–water partition coefficient (Wildman–Crippen LogP) is 7.01. The lowest BCUT2D eigenvalue weighted by Crippen LogP contribution is -2.50. The van der Waals surface area contributed by atoms with Crippen molar-refractivity contribution < 1.29 is 9.59 Å². The minimum Gasteiger partial charge on any atom is -0.352 e. The highest BCUT2D eigenvalue weighted by atomic mass is 35.5. The second-order valence-electron chi connectivity index (χ2n) is 8.12. The van der Waals surface area contributed by atoms with E-state index in [1.807, 2.05) is 0 Å². The Bertz CT molecular complexity index is 978. The van der Waals surface area contributed by atoms with Gasteiger partial charge in [-0.15, -0.1) is 11.8 Å². The van der Waals surface area contributed by atoms with Crippen LogP contribution in [-0.4, -0.2) is 34.6 Å². The van der Waals surface area contributed by atoms with Crippen molar-refractivity contribution in [2.24, 2.45) is 0 Å². The monoisotopic (exact) mass is 546 g/mol. The van der Waals surface area contributed by atoms with Gasteiger partial charge in [-0.25, -0.2) is 0 Å². The molecule has 0 saturated heterocycles. The first kappa shape index (κ1) is 26.5. The van der Waals surface area contributed by atoms with Crippen molar-refractivity contribution >= 4 is 70.0 Å². The van der Waals surface area contributed by atoms with Crippen LogP contribution in [-0.2, 0) is 21.9 Å². The maximum atomic E-state index is 13.3. The van der Waals surface area contributed by atoms with Crippen LogP contribution in [0.1, 0.15) is 43.7 Å². The normalized spacial score (nSPS) is 14.8. The molecule has 0 radical (unpaired) electrons. The molecule has 4 nitrogen and oxygen atoms in total. The Morgan fingerprint density at radius 1 is 1.06 bits per heavy atom. The van der Waals surface area contributed by atoms with Crippen molar-refractivity contribution in [2.45, 2.75) is 57.0 Å². The zero-order valence-corrected chi connectivity index (χ0v) is 22.1. The number of nitrogens with one attached hydrogen (secondary N) is 1. The highest BCUT2D eigenvalue weighted by Crippen LogP contribution is 2.29. The summed E-state index contributed by atoms with van der Waals surface area (Å²) >= 11 is 26.3. The predicted molar refractivity (Wildman–Crippen MR) is 139 cm³/mol. The molecule has 1 N–H and O–H groups in total. The molecule has 0 spiro atoms. The fourth-order valence-corrected chi connectivity index (χ4v) is 5.92. The van der Waals surface area contributed by atoms with Crippen molar-refractivity contribution in [3.63, 3.8) is 0 Å². The van der Waals surface area contributed by atoms with E-state index >= 15 is 0 Å². The van der Waals surface area contributed by atoms with Crippen molar-refractivity contribution in [1.29, 1.82) is 0 Å². The second kappa shape index (κ2) is 12.6. The first-order chi connectivity index (χ1) is 15.8. The van der Waals surface area contributed by atoms with Crippen LogP contribution in [0.2, 0.25) is 20.1 Å². The number of thioether (sulfide) groups is 1. The third kappa shape index (κ3) is 7.43. The van der Waals surface area contributed by atoms with Gasteiger partial charge >= 0.3 is 0 Å². The van der Waals surface area contributed by atoms with E-state index in [1.54, 1.807) is 48.2 Å². The summed E-state index contributed by atoms with van der Waals surface area (Å²) in [5.41, 5.74) is 1.52. The molecule has 1 saturated carbocycles. The fraction of sp³-hybridized carbons (Fsp3) is 0.417. The van der Waals surface area contributed by atoms with Gasteiger partial charge in [0.2, 0.25) is 11.8 Å². The molecule has 0 heterocycles. The number of hydrogen-bond acceptors (Lipinski definition) is 3. The van der Waals surface area contributed by atoms with Gasteiger partial charge in [0, 0.05) is 38.4 Å². The number of carbonyl (C=O) groups excluding carboxylic acids is 2. The average Bonchev–Trinajstić information content (AvgIpc) is 3.27. The van der Waals surface area contributed by atoms with Gasteiger partial charge in [-0.2, -0.15) is 0 Å². The van der Waals surface area contributed by atoms with Crippen molar-refractivity contribution in [1.82, 2.24) is 10.2 Å². The van der Waals surface area contributed by atoms with Gasteiger partial charge in [0.05, 0.1) is 5.75 Å². The van der Waals surface area contributed by atoms with Gasteiger partial charge in [-0.05, 0) is 55.2 Å². The number of benzene rings is 2. The van der Waals surface area contributed by atoms with Crippen molar-refractivity contribution in [3.05, 3.63) is 67.6 Å². The lowest BCUT2D eigenvalue weighted by Gasteiger charge is -2.30. The molecule has 2 aromatic carbocycles. The molecule has 9 heteroatoms. The number of rotatable bonds is 9. The number of hydrogen-bond donors (Lipinski definition) is 1. The number of halogens is 4. The molecule has 33 heavy (non-hydrogen) atoms. The zero-order chi connectivity index (χ0) is 24.0. The molecule has 1 atom stereocenters. The highest BCUT2D eigenvalue weighted by molar-refractivity contribution is 7.99. The molecule has 178 valence electrons. The van der Waals surface area contributed by atoms with Gasteiger partial charge in [-0.3, -0.25) is 9.59 Å². The Kier molecular flexibility index (Phi) is 10.1. The Morgan fingerprint density at radius 3 is 2.36 bits per heavy atom. The molecule has 2 amide bonds. The maximum Gasteiger partial charge on any atom is 0.242 e. The molecule has 3 rings (SSSR count). The summed E-state index contributed by atoms with van der Waals surface area (Å²) in [6.07, 6.45) is 4.18. The quantitative estimate of drug-likeness (QED) is 0.367. The molecular formula is C24H26Cl4N2O2S. The van der Waals surface area contributed by atoms with Crippen LogP contribution in [0.5, 0.6) is 0 Å². The molecule has 0 bridgehead atoms. The summed E-state index contributed by atoms with van der Waals surface area (Å²) < 4.78 is 0. The molecular weight excluding hydrogens is 522 g/mol. The van der Waals surface area contributed by atoms with Crippen molar-refractivity contribution in [2.75, 3.05) is 5.75 Å². The van der Waals surface area contributed by atoms with E-state index in [-0.39, 0.29) is 30.2 Å². The van der Waals surface area contributed by atoms with Gasteiger partial charge in [-0.1, -0.05) is 71.4 Å². The van der Waals surface area contributed by atoms with E-state index in [0.29, 0.717) is 25.8 Å². The fourth-order valence-electron chi connectivity index (χ4n) is 3.80. The summed E-state index contributed by atoms with van der Waals surface area (Å²) in [5, 5.41) is 5.20. The van der Waals surface area contributed by atoms with Crippen LogP contribution in [0, 0.1) is 0 Å². The van der Waals surface area contributed by atoms with E-state index in [0.717, 1.165) is 36.8 Å². The molecule has 0 unspecified atom stereocenters. The van der Waals surface area contributed by atoms with Crippen LogP contribution >= 0.6 is 58.2 Å². The second-order valence-corrected chi connectivity index (χ2v) is 10.8. The summed E-state index contributed by atoms with van der Waals surface area (Å²) in [5.74, 6) is 0.346. The van der Waals surface area contributed by atoms with E-state index < -0.39 is 6.04 Å². The first-order valence-electron chi connectivity index (χ1n) is 10.8. The minimum absolute atomic E-state index is 0.153. The zero-order valence-electron chi connectivity index (χ0n) is 18.3. The topological polar surface area (TPSA) is 49.4 Å². The summed E-state index contributed by atoms with van der Waals surface area (Å²) in [7, 11) is 0. The minimum atomic E-state index is -0.644. The third-order valence-corrected chi connectivity index (χ3v) is 8.00. The van der Waals surface area contributed by atoms with Gasteiger partial charge in [0.15, 0.2) is 0 Å². The summed E-state index contributed by atoms with van der Waals surface area (Å²) in [6.45, 7) is 1.96. The van der Waals surface area contributed by atoms with E-state index in [4.69, 9.17) is 46.4 Å². The van der Waals surface area contributed by atoms with E-state index in [2.05, 4.69) is 5.32 Å². The standard InChI is InChI=1S/C24H26Cl4N2O2S/c1-15(24(32)29-18-5-2-3-6-18)30(12-16-9-10-17(25)11-22(16)28)23(31)14-33-13-19-20(26)7-4-8-21(19)27/h4,7-11,15,18H,2-3,5-6,12-14H2,1H3,(H,29,32)/t15-/m1/s1. The van der Waals surface area contributed by atoms with E-state index in [1.165, 1.54) is 11.8 Å². The summed E-state index contributed by atoms with van der Waals surface area (Å²) in [4.78, 5) is 27.8. The smallest absolute Gasteiger partial charge is 0.242 e. The molecule has 1 fully saturated rings. The summed E-state index contributed by atoms with van der Waals surface area (Å²) in [6, 6.07) is 10.0. The molecule has 1 aliphatic carbocycles. The number of amides is 2. The largest absolute Gasteiger partial charge is 0.352 e. The Hall–Kier alpha value is -1.11. The molecule has 0 aliphatic heterocycles. The lowest BCUT2D eigenvalue weighted by molar-refractivity contribution is -0.138. The van der Waals surface area contributed by atoms with Crippen LogP contribution < -0.4 is 5.32 Å². The number of nitrogens with zero attached hydrogens (tertiary/aromatic N) is 1. The molecule has 0 aromatic heterocycles. The highest BCUT2D eigenvalue weighted by Gasteiger charge is 2.29. The van der Waals surface area contributed by atoms with Crippen LogP contribution in [0.4, 0.5) is 0 Å². The van der Waals surface area contributed by atoms with Crippen LogP contribution in [0.3, 0.4) is 0 Å². The molecule has 1 aliphatic rings. The third-order valence-electron chi connectivity index (χ3n) is 5.76. The Balaban J connectivity index is 1.71. The van der Waals surface area contributed by atoms with Gasteiger partial charge in [0.25, 0.3) is 0 Å². The van der Waals surface area contributed by atoms with Gasteiger partial charge in [0.1, 0.15) is 6.04 Å². The van der Waals surface area contributed by atoms with Crippen LogP contribution in [0.15, 0.2) is 36.4 Å². The Labute approximate surface area is 219 Å². The van der Waals surface area contributed by atoms with Gasteiger partial charge < -0.3 is 10.2 Å². The lowest BCUT2D eigenvalue weighted by atomic mass is 10.1.